The Kier molecular flexibility index (Phi) is 7.01. The van der Waals surface area contributed by atoms with E-state index in [4.69, 9.17) is 4.74 Å². The van der Waals surface area contributed by atoms with Crippen LogP contribution in [0.5, 0.6) is 5.75 Å². The Morgan fingerprint density at radius 1 is 1.25 bits per heavy atom. The van der Waals surface area contributed by atoms with E-state index in [1.807, 2.05) is 25.1 Å². The molecular formula is C18H23FN4O. The molecule has 0 aliphatic rings. The van der Waals surface area contributed by atoms with Gasteiger partial charge in [-0.3, -0.25) is 9.98 Å². The fraction of sp³-hybridized carbons (Fsp3) is 0.333. The molecule has 0 amide bonds. The minimum Gasteiger partial charge on any atom is -0.489 e. The summed E-state index contributed by atoms with van der Waals surface area (Å²) in [5, 5.41) is 6.42. The van der Waals surface area contributed by atoms with E-state index >= 15 is 0 Å². The number of hydrogen-bond donors (Lipinski definition) is 2. The van der Waals surface area contributed by atoms with Gasteiger partial charge in [-0.2, -0.15) is 0 Å². The van der Waals surface area contributed by atoms with Crippen LogP contribution in [0.4, 0.5) is 4.39 Å². The van der Waals surface area contributed by atoms with E-state index in [-0.39, 0.29) is 11.9 Å². The fourth-order valence-electron chi connectivity index (χ4n) is 2.13. The highest BCUT2D eigenvalue weighted by Crippen LogP contribution is 2.13. The lowest BCUT2D eigenvalue weighted by Crippen LogP contribution is -2.42. The Morgan fingerprint density at radius 3 is 2.83 bits per heavy atom. The summed E-state index contributed by atoms with van der Waals surface area (Å²) in [6.45, 7) is 3.20. The summed E-state index contributed by atoms with van der Waals surface area (Å²) < 4.78 is 18.8. The highest BCUT2D eigenvalue weighted by Gasteiger charge is 2.06. The lowest BCUT2D eigenvalue weighted by molar-refractivity contribution is 0.223. The molecule has 1 heterocycles. The van der Waals surface area contributed by atoms with Gasteiger partial charge < -0.3 is 15.4 Å². The van der Waals surface area contributed by atoms with Gasteiger partial charge in [-0.05, 0) is 31.2 Å². The van der Waals surface area contributed by atoms with Gasteiger partial charge in [-0.25, -0.2) is 4.39 Å². The average molecular weight is 330 g/mol. The molecule has 0 saturated heterocycles. The summed E-state index contributed by atoms with van der Waals surface area (Å²) in [5.74, 6) is 0.905. The summed E-state index contributed by atoms with van der Waals surface area (Å²) in [6, 6.07) is 12.0. The SMILES string of the molecule is CN=C(NCCc1ccccn1)NCC(C)Oc1cccc(F)c1. The molecule has 24 heavy (non-hydrogen) atoms. The van der Waals surface area contributed by atoms with Crippen LogP contribution < -0.4 is 15.4 Å². The van der Waals surface area contributed by atoms with Gasteiger partial charge in [0.15, 0.2) is 5.96 Å². The van der Waals surface area contributed by atoms with E-state index in [1.165, 1.54) is 12.1 Å². The molecule has 0 aliphatic carbocycles. The third-order valence-corrected chi connectivity index (χ3v) is 3.31. The number of benzene rings is 1. The lowest BCUT2D eigenvalue weighted by atomic mass is 10.3. The number of aliphatic imine (C=N–C) groups is 1. The van der Waals surface area contributed by atoms with E-state index in [9.17, 15) is 4.39 Å². The number of rotatable bonds is 7. The zero-order valence-corrected chi connectivity index (χ0v) is 14.0. The van der Waals surface area contributed by atoms with Gasteiger partial charge in [-0.1, -0.05) is 12.1 Å². The molecule has 0 aliphatic heterocycles. The molecule has 128 valence electrons. The first-order valence-electron chi connectivity index (χ1n) is 7.94. The van der Waals surface area contributed by atoms with Gasteiger partial charge in [-0.15, -0.1) is 0 Å². The second-order valence-electron chi connectivity index (χ2n) is 5.34. The monoisotopic (exact) mass is 330 g/mol. The number of halogens is 1. The second-order valence-corrected chi connectivity index (χ2v) is 5.34. The van der Waals surface area contributed by atoms with Gasteiger partial charge in [0.2, 0.25) is 0 Å². The van der Waals surface area contributed by atoms with Crippen LogP contribution in [0.15, 0.2) is 53.7 Å². The van der Waals surface area contributed by atoms with Crippen molar-refractivity contribution in [3.8, 4) is 5.75 Å². The molecule has 2 aromatic rings. The molecule has 0 bridgehead atoms. The predicted octanol–water partition coefficient (Wildman–Crippen LogP) is 2.40. The van der Waals surface area contributed by atoms with Crippen LogP contribution in [-0.4, -0.2) is 37.2 Å². The Balaban J connectivity index is 1.70. The maximum Gasteiger partial charge on any atom is 0.191 e. The van der Waals surface area contributed by atoms with Crippen LogP contribution in [0, 0.1) is 5.82 Å². The minimum absolute atomic E-state index is 0.124. The highest BCUT2D eigenvalue weighted by molar-refractivity contribution is 5.79. The van der Waals surface area contributed by atoms with Crippen molar-refractivity contribution < 1.29 is 9.13 Å². The Morgan fingerprint density at radius 2 is 2.12 bits per heavy atom. The Labute approximate surface area is 142 Å². The molecule has 5 nitrogen and oxygen atoms in total. The summed E-state index contributed by atoms with van der Waals surface area (Å²) in [4.78, 5) is 8.45. The third-order valence-electron chi connectivity index (χ3n) is 3.31. The molecule has 0 saturated carbocycles. The zero-order chi connectivity index (χ0) is 17.2. The molecule has 6 heteroatoms. The molecule has 1 atom stereocenters. The molecule has 0 fully saturated rings. The van der Waals surface area contributed by atoms with E-state index < -0.39 is 0 Å². The number of pyridine rings is 1. The first kappa shape index (κ1) is 17.7. The van der Waals surface area contributed by atoms with Crippen molar-refractivity contribution >= 4 is 5.96 Å². The number of aromatic nitrogens is 1. The number of nitrogens with zero attached hydrogens (tertiary/aromatic N) is 2. The van der Waals surface area contributed by atoms with Crippen LogP contribution >= 0.6 is 0 Å². The van der Waals surface area contributed by atoms with Gasteiger partial charge in [0.25, 0.3) is 0 Å². The molecular weight excluding hydrogens is 307 g/mol. The van der Waals surface area contributed by atoms with Crippen molar-refractivity contribution in [2.45, 2.75) is 19.4 Å². The summed E-state index contributed by atoms with van der Waals surface area (Å²) >= 11 is 0. The molecule has 1 aromatic heterocycles. The van der Waals surface area contributed by atoms with Gasteiger partial charge >= 0.3 is 0 Å². The maximum absolute atomic E-state index is 13.1. The number of hydrogen-bond acceptors (Lipinski definition) is 3. The summed E-state index contributed by atoms with van der Waals surface area (Å²) in [6.07, 6.45) is 2.48. The van der Waals surface area contributed by atoms with Crippen molar-refractivity contribution in [1.82, 2.24) is 15.6 Å². The molecule has 1 unspecified atom stereocenters. The van der Waals surface area contributed by atoms with Gasteiger partial charge in [0, 0.05) is 38.0 Å². The van der Waals surface area contributed by atoms with E-state index in [1.54, 1.807) is 25.4 Å². The van der Waals surface area contributed by atoms with Crippen LogP contribution in [0.25, 0.3) is 0 Å². The zero-order valence-electron chi connectivity index (χ0n) is 14.0. The number of guanidine groups is 1. The normalized spacial score (nSPS) is 12.5. The van der Waals surface area contributed by atoms with Crippen molar-refractivity contribution in [3.05, 3.63) is 60.2 Å². The first-order chi connectivity index (χ1) is 11.7. The third kappa shape index (κ3) is 6.24. The van der Waals surface area contributed by atoms with E-state index in [0.717, 1.165) is 18.7 Å². The van der Waals surface area contributed by atoms with E-state index in [2.05, 4.69) is 20.6 Å². The molecule has 2 N–H and O–H groups in total. The van der Waals surface area contributed by atoms with Gasteiger partial charge in [0.1, 0.15) is 17.7 Å². The largest absolute Gasteiger partial charge is 0.489 e. The lowest BCUT2D eigenvalue weighted by Gasteiger charge is -2.17. The summed E-state index contributed by atoms with van der Waals surface area (Å²) in [7, 11) is 1.72. The molecule has 2 rings (SSSR count). The van der Waals surface area contributed by atoms with Crippen molar-refractivity contribution in [1.29, 1.82) is 0 Å². The smallest absolute Gasteiger partial charge is 0.191 e. The molecule has 1 aromatic carbocycles. The highest BCUT2D eigenvalue weighted by atomic mass is 19.1. The minimum atomic E-state index is -0.306. The van der Waals surface area contributed by atoms with Gasteiger partial charge in [0.05, 0.1) is 6.54 Å². The van der Waals surface area contributed by atoms with Crippen LogP contribution in [0.2, 0.25) is 0 Å². The van der Waals surface area contributed by atoms with Crippen LogP contribution in [-0.2, 0) is 6.42 Å². The van der Waals surface area contributed by atoms with Crippen LogP contribution in [0.3, 0.4) is 0 Å². The Hall–Kier alpha value is -2.63. The number of nitrogens with one attached hydrogen (secondary N) is 2. The predicted molar refractivity (Wildman–Crippen MR) is 93.8 cm³/mol. The topological polar surface area (TPSA) is 58.5 Å². The quantitative estimate of drug-likeness (QED) is 0.605. The summed E-state index contributed by atoms with van der Waals surface area (Å²) in [5.41, 5.74) is 1.03. The molecule has 0 spiro atoms. The van der Waals surface area contributed by atoms with Crippen LogP contribution in [0.1, 0.15) is 12.6 Å². The Bertz CT molecular complexity index is 648. The molecule has 0 radical (unpaired) electrons. The second kappa shape index (κ2) is 9.50. The van der Waals surface area contributed by atoms with Crippen molar-refractivity contribution in [3.63, 3.8) is 0 Å². The fourth-order valence-corrected chi connectivity index (χ4v) is 2.13. The average Bonchev–Trinajstić information content (AvgIpc) is 2.59. The first-order valence-corrected chi connectivity index (χ1v) is 7.94. The van der Waals surface area contributed by atoms with Crippen molar-refractivity contribution in [2.75, 3.05) is 20.1 Å². The van der Waals surface area contributed by atoms with Crippen molar-refractivity contribution in [2.24, 2.45) is 4.99 Å². The van der Waals surface area contributed by atoms with E-state index in [0.29, 0.717) is 18.3 Å². The number of ether oxygens (including phenoxy) is 1. The standard InChI is InChI=1S/C18H23FN4O/c1-14(24-17-8-5-6-15(19)12-17)13-23-18(20-2)22-11-9-16-7-3-4-10-21-16/h3-8,10,12,14H,9,11,13H2,1-2H3,(H2,20,22,23). The maximum atomic E-state index is 13.1.